The van der Waals surface area contributed by atoms with Crippen LogP contribution in [0.5, 0.6) is 0 Å². The second-order valence-electron chi connectivity index (χ2n) is 5.83. The van der Waals surface area contributed by atoms with Gasteiger partial charge in [0, 0.05) is 12.7 Å². The van der Waals surface area contributed by atoms with E-state index >= 15 is 0 Å². The maximum absolute atomic E-state index is 12.5. The van der Waals surface area contributed by atoms with Crippen LogP contribution in [-0.4, -0.2) is 54.4 Å². The van der Waals surface area contributed by atoms with Crippen LogP contribution >= 0.6 is 11.8 Å². The molecule has 0 heterocycles. The highest BCUT2D eigenvalue weighted by atomic mass is 32.2. The summed E-state index contributed by atoms with van der Waals surface area (Å²) in [6, 6.07) is 4.16. The Kier molecular flexibility index (Phi) is 8.27. The first-order chi connectivity index (χ1) is 11.8. The van der Waals surface area contributed by atoms with Crippen molar-refractivity contribution in [3.63, 3.8) is 0 Å². The molecular formula is C17H26N4O3S. The van der Waals surface area contributed by atoms with E-state index in [9.17, 15) is 14.4 Å². The van der Waals surface area contributed by atoms with Crippen molar-refractivity contribution in [1.82, 2.24) is 10.2 Å². The lowest BCUT2D eigenvalue weighted by atomic mass is 10.1. The number of hydrogen-bond donors (Lipinski definition) is 3. The molecule has 8 heteroatoms. The van der Waals surface area contributed by atoms with Gasteiger partial charge in [-0.25, -0.2) is 4.79 Å². The van der Waals surface area contributed by atoms with E-state index in [1.165, 1.54) is 11.9 Å². The van der Waals surface area contributed by atoms with Gasteiger partial charge in [0.2, 0.25) is 11.8 Å². The van der Waals surface area contributed by atoms with Crippen molar-refractivity contribution >= 4 is 35.3 Å². The summed E-state index contributed by atoms with van der Waals surface area (Å²) >= 11 is 1.56. The van der Waals surface area contributed by atoms with Crippen LogP contribution in [0.25, 0.3) is 0 Å². The third kappa shape index (κ3) is 6.66. The van der Waals surface area contributed by atoms with Crippen molar-refractivity contribution in [3.05, 3.63) is 29.3 Å². The van der Waals surface area contributed by atoms with E-state index in [1.807, 2.05) is 38.3 Å². The van der Waals surface area contributed by atoms with Gasteiger partial charge in [0.05, 0.1) is 6.54 Å². The second-order valence-corrected chi connectivity index (χ2v) is 6.82. The van der Waals surface area contributed by atoms with Crippen molar-refractivity contribution in [1.29, 1.82) is 0 Å². The molecule has 0 aliphatic rings. The summed E-state index contributed by atoms with van der Waals surface area (Å²) in [5.74, 6) is 0.0513. The van der Waals surface area contributed by atoms with Gasteiger partial charge in [-0.15, -0.1) is 0 Å². The Bertz CT molecular complexity index is 636. The first-order valence-corrected chi connectivity index (χ1v) is 9.31. The molecule has 0 aromatic heterocycles. The Morgan fingerprint density at radius 3 is 2.56 bits per heavy atom. The lowest BCUT2D eigenvalue weighted by Gasteiger charge is -2.23. The lowest BCUT2D eigenvalue weighted by molar-refractivity contribution is -0.135. The topological polar surface area (TPSA) is 105 Å². The largest absolute Gasteiger partial charge is 0.352 e. The summed E-state index contributed by atoms with van der Waals surface area (Å²) in [6.07, 6.45) is 2.36. The molecule has 0 aliphatic heterocycles. The van der Waals surface area contributed by atoms with E-state index in [0.717, 1.165) is 16.8 Å². The van der Waals surface area contributed by atoms with Gasteiger partial charge in [-0.3, -0.25) is 9.59 Å². The summed E-state index contributed by atoms with van der Waals surface area (Å²) < 4.78 is 0. The first-order valence-electron chi connectivity index (χ1n) is 7.92. The van der Waals surface area contributed by atoms with Crippen LogP contribution in [0.2, 0.25) is 0 Å². The van der Waals surface area contributed by atoms with E-state index in [4.69, 9.17) is 5.73 Å². The summed E-state index contributed by atoms with van der Waals surface area (Å²) in [6.45, 7) is 3.78. The molecule has 0 radical (unpaired) electrons. The van der Waals surface area contributed by atoms with Crippen LogP contribution in [0.4, 0.5) is 10.5 Å². The third-order valence-corrected chi connectivity index (χ3v) is 4.50. The Balaban J connectivity index is 2.69. The Morgan fingerprint density at radius 1 is 1.28 bits per heavy atom. The average molecular weight is 366 g/mol. The zero-order valence-electron chi connectivity index (χ0n) is 15.1. The fraction of sp³-hybridized carbons (Fsp3) is 0.471. The predicted octanol–water partition coefficient (Wildman–Crippen LogP) is 1.49. The standard InChI is InChI=1S/C17H26N4O3S/c1-11-6-5-7-13(12(11)2)19-15(22)10-21(3)16(23)14(8-9-25-4)20-17(18)24/h5-7,14H,8-10H2,1-4H3,(H,19,22)(H3,18,20,24). The smallest absolute Gasteiger partial charge is 0.312 e. The second kappa shape index (κ2) is 9.93. The highest BCUT2D eigenvalue weighted by Crippen LogP contribution is 2.17. The van der Waals surface area contributed by atoms with Gasteiger partial charge in [-0.1, -0.05) is 12.1 Å². The lowest BCUT2D eigenvalue weighted by Crippen LogP contribution is -2.50. The molecule has 1 aromatic rings. The molecule has 7 nitrogen and oxygen atoms in total. The quantitative estimate of drug-likeness (QED) is 0.648. The number of likely N-dealkylation sites (N-methyl/N-ethyl adjacent to an activating group) is 1. The normalized spacial score (nSPS) is 11.5. The number of nitrogens with one attached hydrogen (secondary N) is 2. The fourth-order valence-electron chi connectivity index (χ4n) is 2.30. The molecular weight excluding hydrogens is 340 g/mol. The molecule has 1 unspecified atom stereocenters. The van der Waals surface area contributed by atoms with Crippen LogP contribution in [0.3, 0.4) is 0 Å². The highest BCUT2D eigenvalue weighted by molar-refractivity contribution is 7.98. The molecule has 0 aliphatic carbocycles. The van der Waals surface area contributed by atoms with Crippen molar-refractivity contribution in [2.24, 2.45) is 5.73 Å². The number of thioether (sulfide) groups is 1. The van der Waals surface area contributed by atoms with Crippen LogP contribution in [0, 0.1) is 13.8 Å². The molecule has 0 fully saturated rings. The minimum atomic E-state index is -0.757. The number of carbonyl (C=O) groups is 3. The zero-order valence-corrected chi connectivity index (χ0v) is 15.9. The summed E-state index contributed by atoms with van der Waals surface area (Å²) in [5.41, 5.74) is 7.91. The third-order valence-electron chi connectivity index (χ3n) is 3.86. The predicted molar refractivity (Wildman–Crippen MR) is 102 cm³/mol. The SMILES string of the molecule is CSCCC(NC(N)=O)C(=O)N(C)CC(=O)Nc1cccc(C)c1C. The van der Waals surface area contributed by atoms with Gasteiger partial charge in [0.25, 0.3) is 0 Å². The van der Waals surface area contributed by atoms with Gasteiger partial charge in [0.1, 0.15) is 6.04 Å². The van der Waals surface area contributed by atoms with Crippen molar-refractivity contribution < 1.29 is 14.4 Å². The van der Waals surface area contributed by atoms with Crippen molar-refractivity contribution in [2.75, 3.05) is 30.9 Å². The number of hydrogen-bond acceptors (Lipinski definition) is 4. The molecule has 0 saturated heterocycles. The molecule has 1 rings (SSSR count). The number of benzene rings is 1. The molecule has 138 valence electrons. The van der Waals surface area contributed by atoms with Gasteiger partial charge >= 0.3 is 6.03 Å². The number of nitrogens with two attached hydrogens (primary N) is 1. The van der Waals surface area contributed by atoms with E-state index in [0.29, 0.717) is 12.2 Å². The highest BCUT2D eigenvalue weighted by Gasteiger charge is 2.24. The number of anilines is 1. The molecule has 0 saturated carbocycles. The fourth-order valence-corrected chi connectivity index (χ4v) is 2.77. The zero-order chi connectivity index (χ0) is 19.0. The Labute approximate surface area is 152 Å². The van der Waals surface area contributed by atoms with Gasteiger partial charge in [-0.05, 0) is 49.5 Å². The number of nitrogens with zero attached hydrogens (tertiary/aromatic N) is 1. The summed E-state index contributed by atoms with van der Waals surface area (Å²) in [5, 5.41) is 5.25. The maximum Gasteiger partial charge on any atom is 0.312 e. The number of urea groups is 1. The van der Waals surface area contributed by atoms with Crippen LogP contribution < -0.4 is 16.4 Å². The Hall–Kier alpha value is -2.22. The van der Waals surface area contributed by atoms with Gasteiger partial charge < -0.3 is 21.3 Å². The molecule has 0 spiro atoms. The average Bonchev–Trinajstić information content (AvgIpc) is 2.54. The van der Waals surface area contributed by atoms with Crippen molar-refractivity contribution in [3.8, 4) is 0 Å². The number of amides is 4. The Morgan fingerprint density at radius 2 is 1.96 bits per heavy atom. The molecule has 1 atom stereocenters. The first kappa shape index (κ1) is 20.8. The van der Waals surface area contributed by atoms with Gasteiger partial charge in [0.15, 0.2) is 0 Å². The van der Waals surface area contributed by atoms with E-state index in [1.54, 1.807) is 11.8 Å². The molecule has 4 N–H and O–H groups in total. The maximum atomic E-state index is 12.5. The van der Waals surface area contributed by atoms with Crippen LogP contribution in [0.1, 0.15) is 17.5 Å². The van der Waals surface area contributed by atoms with Crippen LogP contribution in [-0.2, 0) is 9.59 Å². The number of rotatable bonds is 8. The van der Waals surface area contributed by atoms with Crippen LogP contribution in [0.15, 0.2) is 18.2 Å². The number of carbonyl (C=O) groups excluding carboxylic acids is 3. The minimum absolute atomic E-state index is 0.109. The summed E-state index contributed by atoms with van der Waals surface area (Å²) in [4.78, 5) is 37.1. The number of aryl methyl sites for hydroxylation is 1. The van der Waals surface area contributed by atoms with Crippen molar-refractivity contribution in [2.45, 2.75) is 26.3 Å². The molecule has 1 aromatic carbocycles. The molecule has 0 bridgehead atoms. The molecule has 4 amide bonds. The van der Waals surface area contributed by atoms with E-state index in [-0.39, 0.29) is 18.4 Å². The van der Waals surface area contributed by atoms with E-state index < -0.39 is 12.1 Å². The van der Waals surface area contributed by atoms with Gasteiger partial charge in [-0.2, -0.15) is 11.8 Å². The monoisotopic (exact) mass is 366 g/mol. The minimum Gasteiger partial charge on any atom is -0.352 e. The number of primary amides is 1. The van der Waals surface area contributed by atoms with E-state index in [2.05, 4.69) is 10.6 Å². The molecule has 25 heavy (non-hydrogen) atoms. The summed E-state index contributed by atoms with van der Waals surface area (Å²) in [7, 11) is 1.53.